The fraction of sp³-hybridized carbons (Fsp3) is 0.542. The number of urea groups is 1. The van der Waals surface area contributed by atoms with Crippen LogP contribution < -0.4 is 22.1 Å². The van der Waals surface area contributed by atoms with Crippen LogP contribution in [0.15, 0.2) is 35.8 Å². The number of rotatable bonds is 3. The Kier molecular flexibility index (Phi) is 6.28. The normalized spacial score (nSPS) is 25.2. The molecule has 186 valence electrons. The highest BCUT2D eigenvalue weighted by Crippen LogP contribution is 2.35. The monoisotopic (exact) mass is 473 g/mol. The summed E-state index contributed by atoms with van der Waals surface area (Å²) < 4.78 is 13.9. The molecule has 1 atom stereocenters. The van der Waals surface area contributed by atoms with Gasteiger partial charge < -0.3 is 41.9 Å². The lowest BCUT2D eigenvalue weighted by atomic mass is 9.87. The maximum absolute atomic E-state index is 13.9. The van der Waals surface area contributed by atoms with Crippen LogP contribution in [-0.4, -0.2) is 82.7 Å². The molecule has 2 saturated heterocycles. The molecule has 10 heteroatoms. The van der Waals surface area contributed by atoms with E-state index in [1.165, 1.54) is 12.1 Å². The summed E-state index contributed by atoms with van der Waals surface area (Å²) in [5.74, 6) is -0.760. The zero-order valence-electron chi connectivity index (χ0n) is 20.2. The molecule has 2 amide bonds. The summed E-state index contributed by atoms with van der Waals surface area (Å²) in [6.45, 7) is 10.8. The Labute approximate surface area is 200 Å². The number of nitrogens with one attached hydrogen (secondary N) is 2. The van der Waals surface area contributed by atoms with Crippen LogP contribution >= 0.6 is 0 Å². The van der Waals surface area contributed by atoms with Crippen LogP contribution in [0.25, 0.3) is 5.70 Å². The summed E-state index contributed by atoms with van der Waals surface area (Å²) in [7, 11) is 0. The minimum Gasteiger partial charge on any atom is -0.504 e. The van der Waals surface area contributed by atoms with E-state index < -0.39 is 11.6 Å². The van der Waals surface area contributed by atoms with Crippen LogP contribution in [0, 0.1) is 5.82 Å². The van der Waals surface area contributed by atoms with Gasteiger partial charge in [-0.15, -0.1) is 0 Å². The van der Waals surface area contributed by atoms with Crippen molar-refractivity contribution in [1.82, 2.24) is 25.3 Å². The minimum absolute atomic E-state index is 0.0581. The van der Waals surface area contributed by atoms with E-state index in [1.54, 1.807) is 12.1 Å². The van der Waals surface area contributed by atoms with Gasteiger partial charge in [-0.25, -0.2) is 9.18 Å². The Morgan fingerprint density at radius 2 is 2.03 bits per heavy atom. The molecule has 1 unspecified atom stereocenters. The first kappa shape index (κ1) is 24.0. The van der Waals surface area contributed by atoms with Crippen molar-refractivity contribution in [2.75, 3.05) is 45.8 Å². The summed E-state index contributed by atoms with van der Waals surface area (Å²) in [5, 5.41) is 16.8. The van der Waals surface area contributed by atoms with Crippen molar-refractivity contribution in [2.24, 2.45) is 11.5 Å². The number of allylic oxidation sites excluding steroid dienone is 1. The zero-order chi connectivity index (χ0) is 24.7. The molecule has 34 heavy (non-hydrogen) atoms. The van der Waals surface area contributed by atoms with Crippen molar-refractivity contribution in [3.63, 3.8) is 0 Å². The van der Waals surface area contributed by atoms with Gasteiger partial charge in [0.2, 0.25) is 0 Å². The van der Waals surface area contributed by atoms with Gasteiger partial charge in [-0.1, -0.05) is 13.0 Å². The highest BCUT2D eigenvalue weighted by atomic mass is 19.1. The van der Waals surface area contributed by atoms with E-state index >= 15 is 0 Å². The lowest BCUT2D eigenvalue weighted by Crippen LogP contribution is -2.71. The van der Waals surface area contributed by atoms with Crippen LogP contribution in [0.3, 0.4) is 0 Å². The van der Waals surface area contributed by atoms with Crippen molar-refractivity contribution in [3.8, 4) is 5.75 Å². The maximum atomic E-state index is 13.9. The molecule has 3 heterocycles. The molecule has 3 aliphatic heterocycles. The number of fused-ring (bicyclic) bond motifs is 1. The van der Waals surface area contributed by atoms with Crippen molar-refractivity contribution in [2.45, 2.75) is 38.3 Å². The first-order chi connectivity index (χ1) is 16.1. The summed E-state index contributed by atoms with van der Waals surface area (Å²) in [6.07, 6.45) is 2.46. The van der Waals surface area contributed by atoms with Gasteiger partial charge in [0.05, 0.1) is 16.8 Å². The Balaban J connectivity index is 1.61. The number of hydrogen-bond acceptors (Lipinski definition) is 7. The largest absolute Gasteiger partial charge is 0.504 e. The quantitative estimate of drug-likeness (QED) is 0.446. The second kappa shape index (κ2) is 8.90. The maximum Gasteiger partial charge on any atom is 0.320 e. The molecule has 1 aromatic rings. The number of carbonyl (C=O) groups is 1. The lowest BCUT2D eigenvalue weighted by Gasteiger charge is -2.56. The molecule has 0 radical (unpaired) electrons. The van der Waals surface area contributed by atoms with E-state index in [0.717, 1.165) is 19.5 Å². The summed E-state index contributed by atoms with van der Waals surface area (Å²) in [6, 6.07) is 4.30. The predicted octanol–water partition coefficient (Wildman–Crippen LogP) is 1.13. The number of nitrogens with two attached hydrogens (primary N) is 2. The molecule has 0 aromatic heterocycles. The third kappa shape index (κ3) is 4.11. The number of para-hydroxylation sites is 1. The highest BCUT2D eigenvalue weighted by Gasteiger charge is 2.47. The number of phenolic OH excluding ortho intramolecular Hbond substituents is 1. The van der Waals surface area contributed by atoms with E-state index in [2.05, 4.69) is 36.3 Å². The number of phenols is 1. The number of hydrogen-bond donors (Lipinski definition) is 5. The molecule has 7 N–H and O–H groups in total. The molecular formula is C24H36FN7O2. The number of amides is 2. The van der Waals surface area contributed by atoms with Gasteiger partial charge in [0.25, 0.3) is 0 Å². The standard InChI is InChI=1S/C24H36FN7O2/c1-4-24-14-29-21(27)19(12-18(26)16-6-5-7-17(25)20(16)33)31(24)11-10-30(15-24)22(34)32-9-8-28-13-23(32,2)3/h5-7,12,28-29,33H,4,8-11,13-15,26-27H2,1-3H3/b18-12-. The van der Waals surface area contributed by atoms with E-state index in [4.69, 9.17) is 11.5 Å². The molecule has 0 saturated carbocycles. The molecule has 1 aromatic carbocycles. The molecule has 0 spiro atoms. The lowest BCUT2D eigenvalue weighted by molar-refractivity contribution is 0.00959. The Bertz CT molecular complexity index is 1020. The van der Waals surface area contributed by atoms with Crippen LogP contribution in [0.2, 0.25) is 0 Å². The van der Waals surface area contributed by atoms with Gasteiger partial charge in [-0.05, 0) is 38.5 Å². The van der Waals surface area contributed by atoms with E-state index in [1.807, 2.05) is 9.80 Å². The fourth-order valence-corrected chi connectivity index (χ4v) is 5.23. The summed E-state index contributed by atoms with van der Waals surface area (Å²) in [5.41, 5.74) is 13.1. The number of nitrogens with zero attached hydrogens (tertiary/aromatic N) is 3. The molecule has 3 aliphatic rings. The van der Waals surface area contributed by atoms with Crippen molar-refractivity contribution >= 4 is 11.7 Å². The number of piperazine rings is 2. The molecule has 2 fully saturated rings. The molecule has 0 bridgehead atoms. The number of benzene rings is 1. The van der Waals surface area contributed by atoms with Gasteiger partial charge in [-0.2, -0.15) is 0 Å². The van der Waals surface area contributed by atoms with E-state index in [9.17, 15) is 14.3 Å². The molecule has 0 aliphatic carbocycles. The van der Waals surface area contributed by atoms with Crippen molar-refractivity contribution < 1.29 is 14.3 Å². The predicted molar refractivity (Wildman–Crippen MR) is 130 cm³/mol. The van der Waals surface area contributed by atoms with E-state index in [0.29, 0.717) is 44.2 Å². The third-order valence-corrected chi connectivity index (χ3v) is 7.38. The topological polar surface area (TPSA) is 123 Å². The van der Waals surface area contributed by atoms with Crippen LogP contribution in [0.1, 0.15) is 32.8 Å². The Hall–Kier alpha value is -3.14. The summed E-state index contributed by atoms with van der Waals surface area (Å²) in [4.78, 5) is 19.6. The van der Waals surface area contributed by atoms with E-state index in [-0.39, 0.29) is 28.4 Å². The smallest absolute Gasteiger partial charge is 0.320 e. The average Bonchev–Trinajstić information content (AvgIpc) is 2.81. The Morgan fingerprint density at radius 3 is 2.74 bits per heavy atom. The van der Waals surface area contributed by atoms with Gasteiger partial charge in [-0.3, -0.25) is 0 Å². The van der Waals surface area contributed by atoms with Crippen LogP contribution in [0.5, 0.6) is 5.75 Å². The Morgan fingerprint density at radius 1 is 1.26 bits per heavy atom. The molecular weight excluding hydrogens is 437 g/mol. The van der Waals surface area contributed by atoms with Crippen molar-refractivity contribution in [3.05, 3.63) is 47.2 Å². The van der Waals surface area contributed by atoms with Crippen LogP contribution in [0.4, 0.5) is 9.18 Å². The van der Waals surface area contributed by atoms with Gasteiger partial charge in [0.15, 0.2) is 11.6 Å². The van der Waals surface area contributed by atoms with Gasteiger partial charge in [0.1, 0.15) is 5.82 Å². The fourth-order valence-electron chi connectivity index (χ4n) is 5.23. The zero-order valence-corrected chi connectivity index (χ0v) is 20.2. The molecule has 4 rings (SSSR count). The van der Waals surface area contributed by atoms with Crippen molar-refractivity contribution in [1.29, 1.82) is 0 Å². The van der Waals surface area contributed by atoms with Gasteiger partial charge in [0, 0.05) is 57.1 Å². The minimum atomic E-state index is -0.733. The first-order valence-corrected chi connectivity index (χ1v) is 11.8. The number of aromatic hydroxyl groups is 1. The second-order valence-corrected chi connectivity index (χ2v) is 9.96. The third-order valence-electron chi connectivity index (χ3n) is 7.38. The molecule has 9 nitrogen and oxygen atoms in total. The SMILES string of the molecule is CCC12CNC(N)=C(/C=C(\N)c3cccc(F)c3O)N1CCN(C(=O)N1CCNCC1(C)C)C2. The number of halogens is 1. The number of carbonyl (C=O) groups excluding carboxylic acids is 1. The average molecular weight is 474 g/mol. The first-order valence-electron chi connectivity index (χ1n) is 11.8. The van der Waals surface area contributed by atoms with Gasteiger partial charge >= 0.3 is 6.03 Å². The van der Waals surface area contributed by atoms with Crippen LogP contribution in [-0.2, 0) is 0 Å². The summed E-state index contributed by atoms with van der Waals surface area (Å²) >= 11 is 0. The highest BCUT2D eigenvalue weighted by molar-refractivity contribution is 5.76. The second-order valence-electron chi connectivity index (χ2n) is 9.96.